The predicted octanol–water partition coefficient (Wildman–Crippen LogP) is 3.20. The number of rotatable bonds is 5. The molecule has 3 aromatic rings. The van der Waals surface area contributed by atoms with Crippen LogP contribution < -0.4 is 10.7 Å². The fraction of sp³-hybridized carbons (Fsp3) is 0.0556. The highest BCUT2D eigenvalue weighted by molar-refractivity contribution is 6.07. The highest BCUT2D eigenvalue weighted by Crippen LogP contribution is 2.16. The van der Waals surface area contributed by atoms with Crippen LogP contribution in [-0.2, 0) is 0 Å². The van der Waals surface area contributed by atoms with Crippen molar-refractivity contribution >= 4 is 23.7 Å². The van der Waals surface area contributed by atoms with Gasteiger partial charge in [0, 0.05) is 0 Å². The standard InChI is InChI=1S/C18H15N3O4/c1-12-8-9-13(25-12)11-19-21-17(22)14-5-2-3-6-15(14)20-18(23)16-7-4-10-24-16/h2-11H,1H3,(H,20,23)(H,21,22)/b19-11-. The third-order valence-corrected chi connectivity index (χ3v) is 3.28. The zero-order valence-corrected chi connectivity index (χ0v) is 13.4. The molecule has 7 heteroatoms. The lowest BCUT2D eigenvalue weighted by Gasteiger charge is -2.08. The summed E-state index contributed by atoms with van der Waals surface area (Å²) < 4.78 is 10.4. The minimum atomic E-state index is -0.463. The number of hydrogen-bond donors (Lipinski definition) is 2. The maximum atomic E-state index is 12.3. The summed E-state index contributed by atoms with van der Waals surface area (Å²) in [5.74, 6) is 0.520. The van der Waals surface area contributed by atoms with Crippen LogP contribution in [0.2, 0.25) is 0 Å². The molecule has 0 spiro atoms. The monoisotopic (exact) mass is 337 g/mol. The molecule has 2 amide bonds. The molecule has 0 bridgehead atoms. The van der Waals surface area contributed by atoms with Gasteiger partial charge in [-0.3, -0.25) is 9.59 Å². The van der Waals surface area contributed by atoms with E-state index in [0.29, 0.717) is 11.4 Å². The van der Waals surface area contributed by atoms with E-state index in [4.69, 9.17) is 8.83 Å². The molecule has 0 saturated heterocycles. The van der Waals surface area contributed by atoms with Gasteiger partial charge in [-0.15, -0.1) is 0 Å². The lowest BCUT2D eigenvalue weighted by Crippen LogP contribution is -2.21. The topological polar surface area (TPSA) is 96.8 Å². The van der Waals surface area contributed by atoms with E-state index in [0.717, 1.165) is 5.76 Å². The lowest BCUT2D eigenvalue weighted by molar-refractivity contribution is 0.0956. The van der Waals surface area contributed by atoms with Crippen molar-refractivity contribution in [3.8, 4) is 0 Å². The van der Waals surface area contributed by atoms with Crippen molar-refractivity contribution in [2.24, 2.45) is 5.10 Å². The fourth-order valence-electron chi connectivity index (χ4n) is 2.12. The number of nitrogens with zero attached hydrogens (tertiary/aromatic N) is 1. The van der Waals surface area contributed by atoms with Crippen LogP contribution in [0.1, 0.15) is 32.4 Å². The summed E-state index contributed by atoms with van der Waals surface area (Å²) in [5, 5.41) is 6.49. The van der Waals surface area contributed by atoms with Gasteiger partial charge >= 0.3 is 0 Å². The Morgan fingerprint density at radius 2 is 1.88 bits per heavy atom. The van der Waals surface area contributed by atoms with Gasteiger partial charge in [0.25, 0.3) is 11.8 Å². The molecule has 25 heavy (non-hydrogen) atoms. The van der Waals surface area contributed by atoms with E-state index in [-0.39, 0.29) is 11.3 Å². The molecule has 0 atom stereocenters. The summed E-state index contributed by atoms with van der Waals surface area (Å²) in [7, 11) is 0. The Labute approximate surface area is 143 Å². The number of anilines is 1. The van der Waals surface area contributed by atoms with Gasteiger partial charge in [0.1, 0.15) is 11.5 Å². The smallest absolute Gasteiger partial charge is 0.291 e. The molecule has 0 aliphatic carbocycles. The Kier molecular flexibility index (Phi) is 4.75. The summed E-state index contributed by atoms with van der Waals surface area (Å²) in [6.07, 6.45) is 2.80. The van der Waals surface area contributed by atoms with Crippen LogP contribution in [0.3, 0.4) is 0 Å². The first-order chi connectivity index (χ1) is 12.1. The van der Waals surface area contributed by atoms with Gasteiger partial charge in [-0.05, 0) is 43.3 Å². The van der Waals surface area contributed by atoms with Crippen LogP contribution in [0.5, 0.6) is 0 Å². The van der Waals surface area contributed by atoms with Crippen LogP contribution in [-0.4, -0.2) is 18.0 Å². The molecule has 126 valence electrons. The van der Waals surface area contributed by atoms with E-state index in [1.54, 1.807) is 42.5 Å². The zero-order chi connectivity index (χ0) is 17.6. The third-order valence-electron chi connectivity index (χ3n) is 3.28. The van der Waals surface area contributed by atoms with Gasteiger partial charge < -0.3 is 14.2 Å². The summed E-state index contributed by atoms with van der Waals surface area (Å²) in [6, 6.07) is 13.3. The molecule has 2 aromatic heterocycles. The van der Waals surface area contributed by atoms with Gasteiger partial charge in [-0.2, -0.15) is 5.10 Å². The number of hydrogen-bond acceptors (Lipinski definition) is 5. The molecule has 0 unspecified atom stereocenters. The first-order valence-corrected chi connectivity index (χ1v) is 7.47. The third kappa shape index (κ3) is 4.03. The molecule has 0 radical (unpaired) electrons. The highest BCUT2D eigenvalue weighted by atomic mass is 16.3. The quantitative estimate of drug-likeness (QED) is 0.552. The van der Waals surface area contributed by atoms with Crippen LogP contribution in [0.4, 0.5) is 5.69 Å². The first-order valence-electron chi connectivity index (χ1n) is 7.47. The summed E-state index contributed by atoms with van der Waals surface area (Å²) in [4.78, 5) is 24.4. The molecule has 0 saturated carbocycles. The van der Waals surface area contributed by atoms with Crippen molar-refractivity contribution < 1.29 is 18.4 Å². The summed E-state index contributed by atoms with van der Waals surface area (Å²) in [5.41, 5.74) is 3.03. The molecule has 1 aromatic carbocycles. The van der Waals surface area contributed by atoms with Crippen LogP contribution in [0, 0.1) is 6.92 Å². The number of furan rings is 2. The maximum absolute atomic E-state index is 12.3. The SMILES string of the molecule is Cc1ccc(/C=N\NC(=O)c2ccccc2NC(=O)c2ccco2)o1. The zero-order valence-electron chi connectivity index (χ0n) is 13.4. The van der Waals surface area contributed by atoms with E-state index in [9.17, 15) is 9.59 Å². The average molecular weight is 337 g/mol. The average Bonchev–Trinajstić information content (AvgIpc) is 3.27. The number of benzene rings is 1. The van der Waals surface area contributed by atoms with Crippen LogP contribution >= 0.6 is 0 Å². The van der Waals surface area contributed by atoms with E-state index in [2.05, 4.69) is 15.8 Å². The molecular formula is C18H15N3O4. The number of para-hydroxylation sites is 1. The molecule has 7 nitrogen and oxygen atoms in total. The normalized spacial score (nSPS) is 10.8. The van der Waals surface area contributed by atoms with Gasteiger partial charge in [-0.25, -0.2) is 5.43 Å². The number of nitrogens with one attached hydrogen (secondary N) is 2. The Balaban J connectivity index is 1.70. The second-order valence-corrected chi connectivity index (χ2v) is 5.12. The van der Waals surface area contributed by atoms with Crippen molar-refractivity contribution in [2.75, 3.05) is 5.32 Å². The van der Waals surface area contributed by atoms with E-state index in [1.165, 1.54) is 18.5 Å². The Hall–Kier alpha value is -3.61. The van der Waals surface area contributed by atoms with Gasteiger partial charge in [0.15, 0.2) is 5.76 Å². The van der Waals surface area contributed by atoms with Crippen molar-refractivity contribution in [3.63, 3.8) is 0 Å². The van der Waals surface area contributed by atoms with Crippen LogP contribution in [0.25, 0.3) is 0 Å². The van der Waals surface area contributed by atoms with Crippen molar-refractivity contribution in [2.45, 2.75) is 6.92 Å². The molecule has 2 heterocycles. The van der Waals surface area contributed by atoms with Crippen molar-refractivity contribution in [3.05, 3.63) is 77.6 Å². The Morgan fingerprint density at radius 1 is 1.04 bits per heavy atom. The minimum Gasteiger partial charge on any atom is -0.460 e. The predicted molar refractivity (Wildman–Crippen MR) is 91.6 cm³/mol. The van der Waals surface area contributed by atoms with Gasteiger partial charge in [0.2, 0.25) is 0 Å². The second kappa shape index (κ2) is 7.31. The first kappa shape index (κ1) is 16.3. The Morgan fingerprint density at radius 3 is 2.60 bits per heavy atom. The van der Waals surface area contributed by atoms with Gasteiger partial charge in [0.05, 0.1) is 23.7 Å². The minimum absolute atomic E-state index is 0.154. The summed E-state index contributed by atoms with van der Waals surface area (Å²) in [6.45, 7) is 1.81. The van der Waals surface area contributed by atoms with E-state index < -0.39 is 11.8 Å². The summed E-state index contributed by atoms with van der Waals surface area (Å²) >= 11 is 0. The number of amides is 2. The van der Waals surface area contributed by atoms with E-state index in [1.807, 2.05) is 6.92 Å². The highest BCUT2D eigenvalue weighted by Gasteiger charge is 2.15. The molecular weight excluding hydrogens is 322 g/mol. The molecule has 0 aliphatic rings. The van der Waals surface area contributed by atoms with Gasteiger partial charge in [-0.1, -0.05) is 12.1 Å². The number of carbonyl (C=O) groups is 2. The number of hydrazone groups is 1. The van der Waals surface area contributed by atoms with Crippen molar-refractivity contribution in [1.82, 2.24) is 5.43 Å². The largest absolute Gasteiger partial charge is 0.460 e. The van der Waals surface area contributed by atoms with Crippen LogP contribution in [0.15, 0.2) is 68.7 Å². The number of aryl methyl sites for hydroxylation is 1. The van der Waals surface area contributed by atoms with E-state index >= 15 is 0 Å². The molecule has 0 fully saturated rings. The fourth-order valence-corrected chi connectivity index (χ4v) is 2.12. The second-order valence-electron chi connectivity index (χ2n) is 5.12. The maximum Gasteiger partial charge on any atom is 0.291 e. The number of carbonyl (C=O) groups excluding carboxylic acids is 2. The molecule has 2 N–H and O–H groups in total. The molecule has 0 aliphatic heterocycles. The van der Waals surface area contributed by atoms with Crippen molar-refractivity contribution in [1.29, 1.82) is 0 Å². The lowest BCUT2D eigenvalue weighted by atomic mass is 10.1. The Bertz CT molecular complexity index is 910. The molecule has 3 rings (SSSR count).